The molecule has 0 saturated carbocycles. The molecule has 32 heavy (non-hydrogen) atoms. The minimum absolute atomic E-state index is 0.0941. The van der Waals surface area contributed by atoms with Crippen molar-refractivity contribution in [2.75, 3.05) is 7.11 Å². The van der Waals surface area contributed by atoms with E-state index in [1.165, 1.54) is 25.4 Å². The largest absolute Gasteiger partial charge is 0.494 e. The number of hydrogen-bond donors (Lipinski definition) is 1. The first-order valence-corrected chi connectivity index (χ1v) is 9.97. The minimum atomic E-state index is -0.846. The number of rotatable bonds is 6. The van der Waals surface area contributed by atoms with Crippen molar-refractivity contribution in [1.82, 2.24) is 14.5 Å². The van der Waals surface area contributed by atoms with Gasteiger partial charge in [-0.25, -0.2) is 14.4 Å². The van der Waals surface area contributed by atoms with Crippen LogP contribution in [0.4, 0.5) is 4.39 Å². The second-order valence-corrected chi connectivity index (χ2v) is 7.42. The lowest BCUT2D eigenvalue weighted by atomic mass is 10.0. The van der Waals surface area contributed by atoms with E-state index in [0.29, 0.717) is 35.3 Å². The predicted octanol–water partition coefficient (Wildman–Crippen LogP) is 3.12. The van der Waals surface area contributed by atoms with Crippen LogP contribution in [0.15, 0.2) is 59.8 Å². The maximum atomic E-state index is 14.3. The number of pyridine rings is 1. The Labute approximate surface area is 183 Å². The molecule has 0 aliphatic heterocycles. The molecule has 2 aromatic heterocycles. The molecule has 0 spiro atoms. The molecule has 2 aromatic carbocycles. The fraction of sp³-hybridized carbons (Fsp3) is 0.167. The lowest BCUT2D eigenvalue weighted by molar-refractivity contribution is 0.0999. The highest BCUT2D eigenvalue weighted by Gasteiger charge is 2.16. The van der Waals surface area contributed by atoms with Crippen LogP contribution in [0, 0.1) is 12.7 Å². The Hall–Kier alpha value is -4.07. The van der Waals surface area contributed by atoms with Crippen molar-refractivity contribution in [2.45, 2.75) is 19.8 Å². The van der Waals surface area contributed by atoms with Gasteiger partial charge in [-0.15, -0.1) is 0 Å². The number of hydrogen-bond acceptors (Lipinski definition) is 5. The third-order valence-corrected chi connectivity index (χ3v) is 5.28. The zero-order valence-corrected chi connectivity index (χ0v) is 17.6. The molecule has 0 fully saturated rings. The maximum Gasteiger partial charge on any atom is 0.254 e. The zero-order chi connectivity index (χ0) is 22.8. The first-order valence-electron chi connectivity index (χ1n) is 9.97. The number of fused-ring (bicyclic) bond motifs is 1. The third kappa shape index (κ3) is 4.07. The average Bonchev–Trinajstić information content (AvgIpc) is 2.79. The van der Waals surface area contributed by atoms with E-state index in [-0.39, 0.29) is 11.3 Å². The number of amides is 1. The number of benzene rings is 2. The molecule has 0 radical (unpaired) electrons. The molecule has 7 nitrogen and oxygen atoms in total. The van der Waals surface area contributed by atoms with Crippen molar-refractivity contribution in [3.63, 3.8) is 0 Å². The van der Waals surface area contributed by atoms with E-state index in [1.54, 1.807) is 35.2 Å². The smallest absolute Gasteiger partial charge is 0.254 e. The molecule has 0 saturated heterocycles. The van der Waals surface area contributed by atoms with E-state index in [1.807, 2.05) is 13.0 Å². The van der Waals surface area contributed by atoms with E-state index >= 15 is 0 Å². The molecule has 0 unspecified atom stereocenters. The summed E-state index contributed by atoms with van der Waals surface area (Å²) in [6, 6.07) is 9.83. The molecule has 162 valence electrons. The molecule has 8 heteroatoms. The molecule has 0 aliphatic carbocycles. The fourth-order valence-corrected chi connectivity index (χ4v) is 3.56. The van der Waals surface area contributed by atoms with Gasteiger partial charge in [0.25, 0.3) is 5.91 Å². The van der Waals surface area contributed by atoms with Crippen molar-refractivity contribution in [3.05, 3.63) is 93.5 Å². The molecule has 4 aromatic rings. The van der Waals surface area contributed by atoms with E-state index in [0.717, 1.165) is 11.1 Å². The second-order valence-electron chi connectivity index (χ2n) is 7.42. The molecule has 0 bridgehead atoms. The van der Waals surface area contributed by atoms with Gasteiger partial charge in [-0.1, -0.05) is 6.07 Å². The molecule has 0 aliphatic rings. The summed E-state index contributed by atoms with van der Waals surface area (Å²) in [7, 11) is 1.38. The third-order valence-electron chi connectivity index (χ3n) is 5.28. The average molecular weight is 432 g/mol. The van der Waals surface area contributed by atoms with Crippen LogP contribution < -0.4 is 15.9 Å². The number of nitrogens with zero attached hydrogens (tertiary/aromatic N) is 3. The van der Waals surface area contributed by atoms with Crippen LogP contribution in [-0.2, 0) is 12.8 Å². The van der Waals surface area contributed by atoms with Crippen LogP contribution >= 0.6 is 0 Å². The standard InChI is InChI=1S/C24H21FN4O3/c1-14-27-11-16(12-28-14)4-3-15-5-7-21-18(9-15)23(30)19(24(26)31)13-29(21)17-6-8-22(32-2)20(25)10-17/h5-13H,3-4H2,1-2H3,(H2,26,31). The highest BCUT2D eigenvalue weighted by atomic mass is 19.1. The van der Waals surface area contributed by atoms with E-state index in [2.05, 4.69) is 9.97 Å². The molecule has 2 heterocycles. The summed E-state index contributed by atoms with van der Waals surface area (Å²) in [5.74, 6) is -0.609. The quantitative estimate of drug-likeness (QED) is 0.505. The summed E-state index contributed by atoms with van der Waals surface area (Å²) in [4.78, 5) is 33.3. The molecular formula is C24H21FN4O3. The first-order chi connectivity index (χ1) is 15.4. The molecule has 1 amide bonds. The van der Waals surface area contributed by atoms with Gasteiger partial charge in [0.1, 0.15) is 11.4 Å². The number of ether oxygens (including phenoxy) is 1. The molecule has 0 atom stereocenters. The summed E-state index contributed by atoms with van der Waals surface area (Å²) < 4.78 is 20.9. The van der Waals surface area contributed by atoms with Gasteiger partial charge < -0.3 is 15.0 Å². The van der Waals surface area contributed by atoms with E-state index < -0.39 is 17.2 Å². The summed E-state index contributed by atoms with van der Waals surface area (Å²) in [6.07, 6.45) is 6.25. The highest BCUT2D eigenvalue weighted by molar-refractivity contribution is 5.96. The Morgan fingerprint density at radius 3 is 2.47 bits per heavy atom. The summed E-state index contributed by atoms with van der Waals surface area (Å²) in [5.41, 5.74) is 7.68. The number of aryl methyl sites for hydroxylation is 3. The Morgan fingerprint density at radius 2 is 1.81 bits per heavy atom. The van der Waals surface area contributed by atoms with Crippen molar-refractivity contribution in [3.8, 4) is 11.4 Å². The zero-order valence-electron chi connectivity index (χ0n) is 17.6. The van der Waals surface area contributed by atoms with Crippen LogP contribution in [0.1, 0.15) is 27.3 Å². The molecule has 2 N–H and O–H groups in total. The van der Waals surface area contributed by atoms with Crippen LogP contribution in [-0.4, -0.2) is 27.6 Å². The fourth-order valence-electron chi connectivity index (χ4n) is 3.56. The Balaban J connectivity index is 1.80. The highest BCUT2D eigenvalue weighted by Crippen LogP contribution is 2.24. The topological polar surface area (TPSA) is 100 Å². The van der Waals surface area contributed by atoms with Gasteiger partial charge in [-0.3, -0.25) is 9.59 Å². The molecule has 4 rings (SSSR count). The van der Waals surface area contributed by atoms with Crippen molar-refractivity contribution >= 4 is 16.8 Å². The first kappa shape index (κ1) is 21.2. The number of methoxy groups -OCH3 is 1. The van der Waals surface area contributed by atoms with E-state index in [4.69, 9.17) is 10.5 Å². The monoisotopic (exact) mass is 432 g/mol. The van der Waals surface area contributed by atoms with Crippen LogP contribution in [0.5, 0.6) is 5.75 Å². The second kappa shape index (κ2) is 8.58. The summed E-state index contributed by atoms with van der Waals surface area (Å²) in [5, 5.41) is 0.329. The van der Waals surface area contributed by atoms with Gasteiger partial charge in [0.15, 0.2) is 11.6 Å². The number of carbonyl (C=O) groups excluding carboxylic acids is 1. The lowest BCUT2D eigenvalue weighted by Gasteiger charge is -2.14. The minimum Gasteiger partial charge on any atom is -0.494 e. The predicted molar refractivity (Wildman–Crippen MR) is 119 cm³/mol. The van der Waals surface area contributed by atoms with Gasteiger partial charge in [0.05, 0.1) is 12.6 Å². The van der Waals surface area contributed by atoms with Gasteiger partial charge in [0.2, 0.25) is 5.43 Å². The Bertz CT molecular complexity index is 1380. The normalized spacial score (nSPS) is 11.0. The number of primary amides is 1. The maximum absolute atomic E-state index is 14.3. The van der Waals surface area contributed by atoms with Crippen LogP contribution in [0.25, 0.3) is 16.6 Å². The number of halogens is 1. The van der Waals surface area contributed by atoms with Crippen molar-refractivity contribution < 1.29 is 13.9 Å². The molecular weight excluding hydrogens is 411 g/mol. The van der Waals surface area contributed by atoms with Crippen molar-refractivity contribution in [1.29, 1.82) is 0 Å². The van der Waals surface area contributed by atoms with E-state index in [9.17, 15) is 14.0 Å². The van der Waals surface area contributed by atoms with Gasteiger partial charge in [0, 0.05) is 35.7 Å². The number of carbonyl (C=O) groups is 1. The van der Waals surface area contributed by atoms with Gasteiger partial charge >= 0.3 is 0 Å². The Morgan fingerprint density at radius 1 is 1.09 bits per heavy atom. The van der Waals surface area contributed by atoms with Crippen LogP contribution in [0.2, 0.25) is 0 Å². The van der Waals surface area contributed by atoms with Crippen molar-refractivity contribution in [2.24, 2.45) is 5.73 Å². The van der Waals surface area contributed by atoms with Crippen LogP contribution in [0.3, 0.4) is 0 Å². The SMILES string of the molecule is COc1ccc(-n2cc(C(N)=O)c(=O)c3cc(CCc4cnc(C)nc4)ccc32)cc1F. The van der Waals surface area contributed by atoms with Gasteiger partial charge in [-0.05, 0) is 55.2 Å². The lowest BCUT2D eigenvalue weighted by Crippen LogP contribution is -2.24. The number of nitrogens with two attached hydrogens (primary N) is 1. The summed E-state index contributed by atoms with van der Waals surface area (Å²) in [6.45, 7) is 1.82. The summed E-state index contributed by atoms with van der Waals surface area (Å²) >= 11 is 0. The Kier molecular flexibility index (Phi) is 5.68. The van der Waals surface area contributed by atoms with Gasteiger partial charge in [-0.2, -0.15) is 0 Å². The number of aromatic nitrogens is 3.